The molecule has 0 aliphatic heterocycles. The third-order valence-electron chi connectivity index (χ3n) is 1.82. The van der Waals surface area contributed by atoms with Crippen LogP contribution in [0.5, 0.6) is 5.75 Å². The summed E-state index contributed by atoms with van der Waals surface area (Å²) in [6, 6.07) is 3.29. The number of carbonyl (C=O) groups excluding carboxylic acids is 1. The standard InChI is InChI=1S/C10H6F6O2/c11-8(12)7(17)5-2-1-3-6(4-5)18-10(15,16)9(13)14/h1-4,8-9H. The Morgan fingerprint density at radius 1 is 1.17 bits per heavy atom. The summed E-state index contributed by atoms with van der Waals surface area (Å²) in [5, 5.41) is 0. The van der Waals surface area contributed by atoms with Crippen molar-refractivity contribution >= 4 is 5.78 Å². The van der Waals surface area contributed by atoms with Gasteiger partial charge in [0.05, 0.1) is 0 Å². The Labute approximate surface area is 97.2 Å². The minimum Gasteiger partial charge on any atom is -0.428 e. The Kier molecular flexibility index (Phi) is 4.20. The third-order valence-corrected chi connectivity index (χ3v) is 1.82. The molecule has 0 unspecified atom stereocenters. The van der Waals surface area contributed by atoms with Crippen molar-refractivity contribution in [3.63, 3.8) is 0 Å². The van der Waals surface area contributed by atoms with Gasteiger partial charge in [-0.3, -0.25) is 4.79 Å². The van der Waals surface area contributed by atoms with Gasteiger partial charge in [-0.25, -0.2) is 8.78 Å². The van der Waals surface area contributed by atoms with E-state index in [1.54, 1.807) is 0 Å². The van der Waals surface area contributed by atoms with Gasteiger partial charge in [-0.1, -0.05) is 12.1 Å². The van der Waals surface area contributed by atoms with Crippen LogP contribution in [0.15, 0.2) is 24.3 Å². The van der Waals surface area contributed by atoms with E-state index in [-0.39, 0.29) is 0 Å². The van der Waals surface area contributed by atoms with Crippen LogP contribution in [-0.2, 0) is 0 Å². The molecule has 1 aromatic carbocycles. The smallest absolute Gasteiger partial charge is 0.428 e. The number of rotatable bonds is 5. The van der Waals surface area contributed by atoms with E-state index in [1.807, 2.05) is 0 Å². The molecule has 0 aliphatic rings. The average molecular weight is 272 g/mol. The lowest BCUT2D eigenvalue weighted by Gasteiger charge is -2.17. The summed E-state index contributed by atoms with van der Waals surface area (Å²) in [6.45, 7) is 0. The van der Waals surface area contributed by atoms with E-state index in [1.165, 1.54) is 0 Å². The van der Waals surface area contributed by atoms with Crippen LogP contribution in [0, 0.1) is 0 Å². The number of Topliss-reactive ketones (excluding diaryl/α,β-unsaturated/α-hetero) is 1. The van der Waals surface area contributed by atoms with Crippen LogP contribution in [0.1, 0.15) is 10.4 Å². The number of benzene rings is 1. The fourth-order valence-corrected chi connectivity index (χ4v) is 1.04. The van der Waals surface area contributed by atoms with Crippen LogP contribution < -0.4 is 4.74 Å². The van der Waals surface area contributed by atoms with Gasteiger partial charge in [0, 0.05) is 5.56 Å². The summed E-state index contributed by atoms with van der Waals surface area (Å²) in [4.78, 5) is 10.9. The molecule has 0 amide bonds. The zero-order valence-electron chi connectivity index (χ0n) is 8.55. The summed E-state index contributed by atoms with van der Waals surface area (Å²) in [6.07, 6.45) is -12.2. The van der Waals surface area contributed by atoms with Gasteiger partial charge in [0.2, 0.25) is 5.78 Å². The summed E-state index contributed by atoms with van der Waals surface area (Å²) >= 11 is 0. The van der Waals surface area contributed by atoms with Crippen LogP contribution in [0.2, 0.25) is 0 Å². The highest BCUT2D eigenvalue weighted by Gasteiger charge is 2.44. The molecular weight excluding hydrogens is 266 g/mol. The molecule has 0 saturated heterocycles. The molecule has 0 spiro atoms. The maximum Gasteiger partial charge on any atom is 0.461 e. The van der Waals surface area contributed by atoms with Gasteiger partial charge in [-0.2, -0.15) is 17.6 Å². The molecule has 0 atom stereocenters. The highest BCUT2D eigenvalue weighted by molar-refractivity contribution is 5.98. The van der Waals surface area contributed by atoms with Gasteiger partial charge in [0.25, 0.3) is 0 Å². The van der Waals surface area contributed by atoms with Crippen molar-refractivity contribution < 1.29 is 35.9 Å². The molecule has 8 heteroatoms. The Morgan fingerprint density at radius 3 is 2.28 bits per heavy atom. The Bertz CT molecular complexity index is 432. The summed E-state index contributed by atoms with van der Waals surface area (Å²) in [5.74, 6) is -2.41. The number of ketones is 1. The molecule has 0 radical (unpaired) electrons. The first-order valence-electron chi connectivity index (χ1n) is 4.51. The summed E-state index contributed by atoms with van der Waals surface area (Å²) in [7, 11) is 0. The minimum atomic E-state index is -4.76. The molecule has 100 valence electrons. The molecule has 0 N–H and O–H groups in total. The molecule has 0 heterocycles. The van der Waals surface area contributed by atoms with Crippen LogP contribution in [0.3, 0.4) is 0 Å². The molecule has 18 heavy (non-hydrogen) atoms. The van der Waals surface area contributed by atoms with Crippen LogP contribution in [0.4, 0.5) is 26.3 Å². The van der Waals surface area contributed by atoms with E-state index < -0.39 is 36.1 Å². The molecular formula is C10H6F6O2. The normalized spacial score (nSPS) is 12.0. The van der Waals surface area contributed by atoms with Crippen molar-refractivity contribution in [1.82, 2.24) is 0 Å². The van der Waals surface area contributed by atoms with E-state index in [9.17, 15) is 31.1 Å². The van der Waals surface area contributed by atoms with Crippen molar-refractivity contribution in [1.29, 1.82) is 0 Å². The molecule has 2 nitrogen and oxygen atoms in total. The van der Waals surface area contributed by atoms with Crippen molar-refractivity contribution in [2.45, 2.75) is 19.0 Å². The van der Waals surface area contributed by atoms with Crippen molar-refractivity contribution in [2.24, 2.45) is 0 Å². The van der Waals surface area contributed by atoms with Crippen molar-refractivity contribution in [3.05, 3.63) is 29.8 Å². The largest absolute Gasteiger partial charge is 0.461 e. The SMILES string of the molecule is O=C(c1cccc(OC(F)(F)C(F)F)c1)C(F)F. The van der Waals surface area contributed by atoms with Gasteiger partial charge >= 0.3 is 19.0 Å². The maximum absolute atomic E-state index is 12.5. The summed E-state index contributed by atoms with van der Waals surface area (Å²) < 4.78 is 76.4. The number of hydrogen-bond acceptors (Lipinski definition) is 2. The number of hydrogen-bond donors (Lipinski definition) is 0. The van der Waals surface area contributed by atoms with Crippen LogP contribution in [-0.4, -0.2) is 24.7 Å². The lowest BCUT2D eigenvalue weighted by atomic mass is 10.1. The average Bonchev–Trinajstić information content (AvgIpc) is 2.27. The molecule has 0 aromatic heterocycles. The second kappa shape index (κ2) is 5.28. The quantitative estimate of drug-likeness (QED) is 0.606. The second-order valence-electron chi connectivity index (χ2n) is 3.16. The molecule has 1 aromatic rings. The van der Waals surface area contributed by atoms with Crippen molar-refractivity contribution in [3.8, 4) is 5.75 Å². The first-order chi connectivity index (χ1) is 8.24. The van der Waals surface area contributed by atoms with Crippen molar-refractivity contribution in [2.75, 3.05) is 0 Å². The predicted octanol–water partition coefficient (Wildman–Crippen LogP) is 3.37. The lowest BCUT2D eigenvalue weighted by Crippen LogP contribution is -2.33. The summed E-state index contributed by atoms with van der Waals surface area (Å²) in [5.41, 5.74) is -0.604. The topological polar surface area (TPSA) is 26.3 Å². The first-order valence-corrected chi connectivity index (χ1v) is 4.51. The highest BCUT2D eigenvalue weighted by Crippen LogP contribution is 2.28. The Morgan fingerprint density at radius 2 is 1.78 bits per heavy atom. The van der Waals surface area contributed by atoms with E-state index in [0.717, 1.165) is 18.2 Å². The first kappa shape index (κ1) is 14.3. The Balaban J connectivity index is 2.93. The maximum atomic E-state index is 12.5. The van der Waals surface area contributed by atoms with Crippen LogP contribution in [0.25, 0.3) is 0 Å². The van der Waals surface area contributed by atoms with E-state index in [4.69, 9.17) is 0 Å². The predicted molar refractivity (Wildman–Crippen MR) is 48.4 cm³/mol. The lowest BCUT2D eigenvalue weighted by molar-refractivity contribution is -0.253. The zero-order valence-corrected chi connectivity index (χ0v) is 8.55. The second-order valence-corrected chi connectivity index (χ2v) is 3.16. The zero-order chi connectivity index (χ0) is 13.9. The van der Waals surface area contributed by atoms with E-state index in [0.29, 0.717) is 6.07 Å². The fraction of sp³-hybridized carbons (Fsp3) is 0.300. The van der Waals surface area contributed by atoms with Gasteiger partial charge in [-0.15, -0.1) is 0 Å². The van der Waals surface area contributed by atoms with E-state index >= 15 is 0 Å². The van der Waals surface area contributed by atoms with E-state index in [2.05, 4.69) is 4.74 Å². The fourth-order valence-electron chi connectivity index (χ4n) is 1.04. The number of alkyl halides is 6. The molecule has 0 aliphatic carbocycles. The van der Waals surface area contributed by atoms with Gasteiger partial charge in [-0.05, 0) is 12.1 Å². The number of carbonyl (C=O) groups is 1. The Hall–Kier alpha value is -1.73. The van der Waals surface area contributed by atoms with Crippen LogP contribution >= 0.6 is 0 Å². The van der Waals surface area contributed by atoms with Gasteiger partial charge < -0.3 is 4.74 Å². The van der Waals surface area contributed by atoms with Gasteiger partial charge in [0.15, 0.2) is 0 Å². The molecule has 0 saturated carbocycles. The number of ether oxygens (including phenoxy) is 1. The molecule has 0 fully saturated rings. The molecule has 1 rings (SSSR count). The monoisotopic (exact) mass is 272 g/mol. The van der Waals surface area contributed by atoms with Gasteiger partial charge in [0.1, 0.15) is 5.75 Å². The highest BCUT2D eigenvalue weighted by atomic mass is 19.3. The number of halogens is 6. The third kappa shape index (κ3) is 3.38. The molecule has 0 bridgehead atoms. The minimum absolute atomic E-state index is 0.546.